The van der Waals surface area contributed by atoms with Crippen LogP contribution >= 0.6 is 0 Å². The first-order chi connectivity index (χ1) is 8.17. The molecule has 1 rings (SSSR count). The van der Waals surface area contributed by atoms with Gasteiger partial charge in [0.1, 0.15) is 5.76 Å². The van der Waals surface area contributed by atoms with E-state index in [0.29, 0.717) is 0 Å². The Balaban J connectivity index is 2.14. The quantitative estimate of drug-likeness (QED) is 0.705. The maximum absolute atomic E-state index is 5.50. The second-order valence-electron chi connectivity index (χ2n) is 4.30. The first kappa shape index (κ1) is 14.2. The topological polar surface area (TPSA) is 41.3 Å². The molecule has 0 aliphatic heterocycles. The molecule has 98 valence electrons. The number of nitrogens with one attached hydrogen (secondary N) is 1. The molecule has 0 bridgehead atoms. The first-order valence-corrected chi connectivity index (χ1v) is 6.53. The van der Waals surface area contributed by atoms with Crippen molar-refractivity contribution in [2.75, 3.05) is 26.2 Å². The van der Waals surface area contributed by atoms with Gasteiger partial charge in [0, 0.05) is 6.92 Å². The van der Waals surface area contributed by atoms with Gasteiger partial charge in [-0.25, -0.2) is 4.98 Å². The van der Waals surface area contributed by atoms with Crippen molar-refractivity contribution >= 4 is 0 Å². The van der Waals surface area contributed by atoms with Crippen LogP contribution in [0.5, 0.6) is 0 Å². The minimum atomic E-state index is 0.752. The number of nitrogens with zero attached hydrogens (tertiary/aromatic N) is 2. The number of hydrogen-bond acceptors (Lipinski definition) is 4. The van der Waals surface area contributed by atoms with Crippen LogP contribution in [0.2, 0.25) is 0 Å². The summed E-state index contributed by atoms with van der Waals surface area (Å²) >= 11 is 0. The van der Waals surface area contributed by atoms with Crippen molar-refractivity contribution in [3.8, 4) is 0 Å². The van der Waals surface area contributed by atoms with E-state index in [9.17, 15) is 0 Å². The second kappa shape index (κ2) is 7.45. The van der Waals surface area contributed by atoms with E-state index in [2.05, 4.69) is 29.0 Å². The Kier molecular flexibility index (Phi) is 6.22. The molecule has 1 N–H and O–H groups in total. The summed E-state index contributed by atoms with van der Waals surface area (Å²) in [4.78, 5) is 6.69. The van der Waals surface area contributed by atoms with Crippen LogP contribution in [0.15, 0.2) is 4.42 Å². The van der Waals surface area contributed by atoms with Gasteiger partial charge in [0.15, 0.2) is 5.89 Å². The Morgan fingerprint density at radius 2 is 1.94 bits per heavy atom. The van der Waals surface area contributed by atoms with Crippen LogP contribution in [-0.4, -0.2) is 36.1 Å². The van der Waals surface area contributed by atoms with Gasteiger partial charge in [-0.2, -0.15) is 0 Å². The molecule has 0 aliphatic rings. The lowest BCUT2D eigenvalue weighted by Gasteiger charge is -2.17. The maximum atomic E-state index is 5.50. The zero-order valence-corrected chi connectivity index (χ0v) is 11.5. The number of oxazole rings is 1. The van der Waals surface area contributed by atoms with Crippen LogP contribution in [-0.2, 0) is 6.54 Å². The zero-order chi connectivity index (χ0) is 12.7. The fourth-order valence-electron chi connectivity index (χ4n) is 1.91. The smallest absolute Gasteiger partial charge is 0.191 e. The second-order valence-corrected chi connectivity index (χ2v) is 4.30. The number of aromatic nitrogens is 1. The zero-order valence-electron chi connectivity index (χ0n) is 11.5. The number of rotatable bonds is 8. The van der Waals surface area contributed by atoms with Crippen molar-refractivity contribution in [2.45, 2.75) is 40.7 Å². The Hall–Kier alpha value is -0.870. The van der Waals surface area contributed by atoms with Gasteiger partial charge in [0.2, 0.25) is 0 Å². The molecule has 4 nitrogen and oxygen atoms in total. The highest BCUT2D eigenvalue weighted by Crippen LogP contribution is 2.08. The van der Waals surface area contributed by atoms with E-state index in [-0.39, 0.29) is 0 Å². The van der Waals surface area contributed by atoms with Crippen molar-refractivity contribution in [3.63, 3.8) is 0 Å². The van der Waals surface area contributed by atoms with Gasteiger partial charge in [-0.05, 0) is 39.5 Å². The lowest BCUT2D eigenvalue weighted by Crippen LogP contribution is -2.27. The van der Waals surface area contributed by atoms with Gasteiger partial charge in [0.25, 0.3) is 0 Å². The predicted molar refractivity (Wildman–Crippen MR) is 70.1 cm³/mol. The molecule has 0 atom stereocenters. The van der Waals surface area contributed by atoms with E-state index in [0.717, 1.165) is 50.1 Å². The van der Waals surface area contributed by atoms with Crippen molar-refractivity contribution in [3.05, 3.63) is 17.3 Å². The highest BCUT2D eigenvalue weighted by molar-refractivity contribution is 5.06. The average molecular weight is 239 g/mol. The van der Waals surface area contributed by atoms with Crippen LogP contribution < -0.4 is 5.32 Å². The molecule has 1 aromatic rings. The molecule has 0 aromatic carbocycles. The summed E-state index contributed by atoms with van der Waals surface area (Å²) in [5.41, 5.74) is 0.999. The van der Waals surface area contributed by atoms with Gasteiger partial charge in [-0.15, -0.1) is 0 Å². The number of aryl methyl sites for hydroxylation is 2. The van der Waals surface area contributed by atoms with Gasteiger partial charge in [-0.1, -0.05) is 13.8 Å². The summed E-state index contributed by atoms with van der Waals surface area (Å²) in [5, 5.41) is 3.40. The Morgan fingerprint density at radius 3 is 2.47 bits per heavy atom. The molecule has 0 saturated carbocycles. The minimum Gasteiger partial charge on any atom is -0.444 e. The average Bonchev–Trinajstić information content (AvgIpc) is 2.62. The summed E-state index contributed by atoms with van der Waals surface area (Å²) in [6, 6.07) is 0. The van der Waals surface area contributed by atoms with E-state index >= 15 is 0 Å². The van der Waals surface area contributed by atoms with Gasteiger partial charge >= 0.3 is 0 Å². The van der Waals surface area contributed by atoms with E-state index in [4.69, 9.17) is 4.42 Å². The fraction of sp³-hybridized carbons (Fsp3) is 0.769. The van der Waals surface area contributed by atoms with E-state index in [1.165, 1.54) is 6.42 Å². The standard InChI is InChI=1S/C13H25N3O/c1-5-16(6-2)9-7-8-14-10-13-11(3)15-12(4)17-13/h14H,5-10H2,1-4H3. The van der Waals surface area contributed by atoms with Crippen molar-refractivity contribution < 1.29 is 4.42 Å². The molecule has 0 saturated heterocycles. The fourth-order valence-corrected chi connectivity index (χ4v) is 1.91. The molecule has 4 heteroatoms. The molecule has 0 spiro atoms. The molecule has 0 aliphatic carbocycles. The van der Waals surface area contributed by atoms with Crippen molar-refractivity contribution in [1.29, 1.82) is 0 Å². The first-order valence-electron chi connectivity index (χ1n) is 6.53. The normalized spacial score (nSPS) is 11.4. The summed E-state index contributed by atoms with van der Waals surface area (Å²) in [6.07, 6.45) is 1.17. The van der Waals surface area contributed by atoms with E-state index in [1.807, 2.05) is 13.8 Å². The molecular formula is C13H25N3O. The molecule has 1 aromatic heterocycles. The van der Waals surface area contributed by atoms with Crippen LogP contribution in [0.1, 0.15) is 37.6 Å². The molecular weight excluding hydrogens is 214 g/mol. The summed E-state index contributed by atoms with van der Waals surface area (Å²) in [5.74, 6) is 1.72. The lowest BCUT2D eigenvalue weighted by molar-refractivity contribution is 0.297. The van der Waals surface area contributed by atoms with E-state index in [1.54, 1.807) is 0 Å². The molecule has 0 radical (unpaired) electrons. The molecule has 0 amide bonds. The summed E-state index contributed by atoms with van der Waals surface area (Å²) < 4.78 is 5.50. The number of hydrogen-bond donors (Lipinski definition) is 1. The predicted octanol–water partition coefficient (Wildman–Crippen LogP) is 2.11. The minimum absolute atomic E-state index is 0.752. The van der Waals surface area contributed by atoms with Crippen LogP contribution in [0.25, 0.3) is 0 Å². The highest BCUT2D eigenvalue weighted by Gasteiger charge is 2.05. The third-order valence-electron chi connectivity index (χ3n) is 3.01. The molecule has 17 heavy (non-hydrogen) atoms. The largest absolute Gasteiger partial charge is 0.444 e. The van der Waals surface area contributed by atoms with Gasteiger partial charge < -0.3 is 14.6 Å². The third kappa shape index (κ3) is 4.88. The molecule has 1 heterocycles. The monoisotopic (exact) mass is 239 g/mol. The van der Waals surface area contributed by atoms with Gasteiger partial charge in [-0.3, -0.25) is 0 Å². The SMILES string of the molecule is CCN(CC)CCCNCc1oc(C)nc1C. The lowest BCUT2D eigenvalue weighted by atomic mass is 10.3. The Bertz CT molecular complexity index is 318. The summed E-state index contributed by atoms with van der Waals surface area (Å²) in [7, 11) is 0. The van der Waals surface area contributed by atoms with Crippen molar-refractivity contribution in [2.24, 2.45) is 0 Å². The summed E-state index contributed by atoms with van der Waals surface area (Å²) in [6.45, 7) is 13.5. The third-order valence-corrected chi connectivity index (χ3v) is 3.01. The Labute approximate surface area is 104 Å². The molecule has 0 fully saturated rings. The Morgan fingerprint density at radius 1 is 1.24 bits per heavy atom. The van der Waals surface area contributed by atoms with Crippen molar-refractivity contribution in [1.82, 2.24) is 15.2 Å². The van der Waals surface area contributed by atoms with Crippen LogP contribution in [0, 0.1) is 13.8 Å². The van der Waals surface area contributed by atoms with Gasteiger partial charge in [0.05, 0.1) is 12.2 Å². The van der Waals surface area contributed by atoms with Crippen LogP contribution in [0.4, 0.5) is 0 Å². The highest BCUT2D eigenvalue weighted by atomic mass is 16.4. The van der Waals surface area contributed by atoms with Crippen LogP contribution in [0.3, 0.4) is 0 Å². The molecule has 0 unspecified atom stereocenters. The maximum Gasteiger partial charge on any atom is 0.191 e. The van der Waals surface area contributed by atoms with E-state index < -0.39 is 0 Å².